The van der Waals surface area contributed by atoms with E-state index in [0.717, 1.165) is 25.8 Å². The number of hydrogen-bond donors (Lipinski definition) is 2. The lowest BCUT2D eigenvalue weighted by Gasteiger charge is -2.35. The van der Waals surface area contributed by atoms with Crippen molar-refractivity contribution in [1.82, 2.24) is 10.2 Å². The fourth-order valence-corrected chi connectivity index (χ4v) is 2.16. The van der Waals surface area contributed by atoms with Gasteiger partial charge in [0, 0.05) is 19.0 Å². The number of carboxylic acids is 1. The molecule has 5 nitrogen and oxygen atoms in total. The smallest absolute Gasteiger partial charge is 0.320 e. The van der Waals surface area contributed by atoms with E-state index in [0.29, 0.717) is 13.0 Å². The summed E-state index contributed by atoms with van der Waals surface area (Å²) in [4.78, 5) is 24.3. The maximum absolute atomic E-state index is 11.5. The van der Waals surface area contributed by atoms with Crippen LogP contribution in [0, 0.1) is 0 Å². The summed E-state index contributed by atoms with van der Waals surface area (Å²) in [6.45, 7) is 5.11. The van der Waals surface area contributed by atoms with Crippen molar-refractivity contribution in [3.8, 4) is 0 Å². The minimum atomic E-state index is -0.800. The van der Waals surface area contributed by atoms with E-state index in [1.165, 1.54) is 0 Å². The van der Waals surface area contributed by atoms with Crippen molar-refractivity contribution in [3.63, 3.8) is 0 Å². The van der Waals surface area contributed by atoms with Gasteiger partial charge in [0.05, 0.1) is 0 Å². The van der Waals surface area contributed by atoms with Gasteiger partial charge in [-0.05, 0) is 32.7 Å². The zero-order valence-corrected chi connectivity index (χ0v) is 10.6. The van der Waals surface area contributed by atoms with Crippen LogP contribution in [0.15, 0.2) is 0 Å². The monoisotopic (exact) mass is 242 g/mol. The van der Waals surface area contributed by atoms with Gasteiger partial charge < -0.3 is 10.4 Å². The first-order chi connectivity index (χ1) is 8.04. The van der Waals surface area contributed by atoms with Gasteiger partial charge in [-0.2, -0.15) is 0 Å². The molecule has 1 amide bonds. The predicted octanol–water partition coefficient (Wildman–Crippen LogP) is 0.840. The first-order valence-corrected chi connectivity index (χ1v) is 6.30. The van der Waals surface area contributed by atoms with Crippen LogP contribution in [0.1, 0.15) is 39.5 Å². The minimum Gasteiger partial charge on any atom is -0.480 e. The number of carboxylic acid groups (broad SMARTS) is 1. The Hall–Kier alpha value is -1.10. The zero-order chi connectivity index (χ0) is 12.8. The molecule has 2 N–H and O–H groups in total. The molecule has 1 heterocycles. The Kier molecular flexibility index (Phi) is 5.41. The van der Waals surface area contributed by atoms with Crippen molar-refractivity contribution in [3.05, 3.63) is 0 Å². The lowest BCUT2D eigenvalue weighted by molar-refractivity contribution is -0.143. The molecule has 1 aliphatic heterocycles. The zero-order valence-electron chi connectivity index (χ0n) is 10.6. The summed E-state index contributed by atoms with van der Waals surface area (Å²) in [5.41, 5.74) is 0. The third kappa shape index (κ3) is 4.34. The van der Waals surface area contributed by atoms with E-state index < -0.39 is 12.0 Å². The molecule has 0 radical (unpaired) electrons. The lowest BCUT2D eigenvalue weighted by Crippen LogP contribution is -2.52. The van der Waals surface area contributed by atoms with E-state index in [-0.39, 0.29) is 11.9 Å². The maximum Gasteiger partial charge on any atom is 0.320 e. The molecule has 1 fully saturated rings. The van der Waals surface area contributed by atoms with E-state index in [9.17, 15) is 9.59 Å². The number of amides is 1. The summed E-state index contributed by atoms with van der Waals surface area (Å²) in [5.74, 6) is -0.729. The van der Waals surface area contributed by atoms with Crippen LogP contribution in [0.5, 0.6) is 0 Å². The lowest BCUT2D eigenvalue weighted by atomic mass is 10.0. The molecule has 0 aliphatic carbocycles. The van der Waals surface area contributed by atoms with Crippen molar-refractivity contribution in [1.29, 1.82) is 0 Å². The van der Waals surface area contributed by atoms with E-state index in [1.807, 2.05) is 11.8 Å². The number of nitrogens with zero attached hydrogens (tertiary/aromatic N) is 1. The molecule has 0 saturated carbocycles. The topological polar surface area (TPSA) is 69.6 Å². The number of aliphatic carboxylic acids is 1. The molecule has 98 valence electrons. The Labute approximate surface area is 102 Å². The molecule has 0 bridgehead atoms. The minimum absolute atomic E-state index is 0.0716. The number of likely N-dealkylation sites (tertiary alicyclic amines) is 1. The third-order valence-corrected chi connectivity index (χ3v) is 3.20. The second kappa shape index (κ2) is 6.59. The Bertz CT molecular complexity index is 281. The van der Waals surface area contributed by atoms with Crippen molar-refractivity contribution in [2.75, 3.05) is 13.1 Å². The van der Waals surface area contributed by atoms with E-state index >= 15 is 0 Å². The fourth-order valence-electron chi connectivity index (χ4n) is 2.16. The molecule has 1 rings (SSSR count). The van der Waals surface area contributed by atoms with E-state index in [4.69, 9.17) is 5.11 Å². The predicted molar refractivity (Wildman–Crippen MR) is 64.7 cm³/mol. The van der Waals surface area contributed by atoms with Gasteiger partial charge in [0.15, 0.2) is 0 Å². The molecule has 1 aliphatic rings. The molecule has 17 heavy (non-hydrogen) atoms. The van der Waals surface area contributed by atoms with E-state index in [1.54, 1.807) is 6.92 Å². The van der Waals surface area contributed by atoms with Gasteiger partial charge in [0.2, 0.25) is 5.91 Å². The summed E-state index contributed by atoms with van der Waals surface area (Å²) >= 11 is 0. The molecule has 2 atom stereocenters. The van der Waals surface area contributed by atoms with Gasteiger partial charge in [-0.3, -0.25) is 14.5 Å². The van der Waals surface area contributed by atoms with Gasteiger partial charge in [0.25, 0.3) is 0 Å². The quantitative estimate of drug-likeness (QED) is 0.749. The fraction of sp³-hybridized carbons (Fsp3) is 0.833. The Morgan fingerprint density at radius 2 is 2.24 bits per heavy atom. The Balaban J connectivity index is 2.43. The molecule has 0 aromatic carbocycles. The molecule has 5 heteroatoms. The Morgan fingerprint density at radius 3 is 2.82 bits per heavy atom. The van der Waals surface area contributed by atoms with Crippen LogP contribution in [-0.2, 0) is 9.59 Å². The molecular formula is C12H22N2O3. The number of rotatable bonds is 5. The number of hydrogen-bond acceptors (Lipinski definition) is 3. The summed E-state index contributed by atoms with van der Waals surface area (Å²) in [6.07, 6.45) is 3.27. The summed E-state index contributed by atoms with van der Waals surface area (Å²) < 4.78 is 0. The molecule has 1 saturated heterocycles. The SMILES string of the molecule is CCCC(=O)N[C@H]1CCCN([C@@H](C)C(=O)O)C1. The van der Waals surface area contributed by atoms with Crippen LogP contribution in [0.4, 0.5) is 0 Å². The van der Waals surface area contributed by atoms with Gasteiger partial charge in [-0.1, -0.05) is 6.92 Å². The standard InChI is InChI=1S/C12H22N2O3/c1-3-5-11(15)13-10-6-4-7-14(8-10)9(2)12(16)17/h9-10H,3-8H2,1-2H3,(H,13,15)(H,16,17)/t9-,10-/m0/s1. The van der Waals surface area contributed by atoms with Crippen molar-refractivity contribution in [2.24, 2.45) is 0 Å². The second-order valence-electron chi connectivity index (χ2n) is 4.67. The summed E-state index contributed by atoms with van der Waals surface area (Å²) in [5, 5.41) is 11.9. The average molecular weight is 242 g/mol. The van der Waals surface area contributed by atoms with Crippen LogP contribution in [0.3, 0.4) is 0 Å². The highest BCUT2D eigenvalue weighted by atomic mass is 16.4. The normalized spacial score (nSPS) is 23.1. The number of piperidine rings is 1. The van der Waals surface area contributed by atoms with Gasteiger partial charge in [0.1, 0.15) is 6.04 Å². The van der Waals surface area contributed by atoms with Gasteiger partial charge in [-0.25, -0.2) is 0 Å². The highest BCUT2D eigenvalue weighted by molar-refractivity contribution is 5.76. The molecule has 0 aromatic heterocycles. The molecule has 0 unspecified atom stereocenters. The average Bonchev–Trinajstić information content (AvgIpc) is 2.28. The first kappa shape index (κ1) is 14.0. The van der Waals surface area contributed by atoms with Crippen LogP contribution in [0.25, 0.3) is 0 Å². The van der Waals surface area contributed by atoms with E-state index in [2.05, 4.69) is 5.32 Å². The maximum atomic E-state index is 11.5. The Morgan fingerprint density at radius 1 is 1.53 bits per heavy atom. The molecule has 0 spiro atoms. The van der Waals surface area contributed by atoms with Crippen molar-refractivity contribution < 1.29 is 14.7 Å². The van der Waals surface area contributed by atoms with Crippen LogP contribution in [0.2, 0.25) is 0 Å². The molecular weight excluding hydrogens is 220 g/mol. The van der Waals surface area contributed by atoms with Crippen molar-refractivity contribution >= 4 is 11.9 Å². The van der Waals surface area contributed by atoms with Crippen LogP contribution in [-0.4, -0.2) is 47.1 Å². The highest BCUT2D eigenvalue weighted by Gasteiger charge is 2.27. The largest absolute Gasteiger partial charge is 0.480 e. The first-order valence-electron chi connectivity index (χ1n) is 6.30. The van der Waals surface area contributed by atoms with Crippen molar-refractivity contribution in [2.45, 2.75) is 51.6 Å². The summed E-state index contributed by atoms with van der Waals surface area (Å²) in [7, 11) is 0. The van der Waals surface area contributed by atoms with Gasteiger partial charge in [-0.15, -0.1) is 0 Å². The number of nitrogens with one attached hydrogen (secondary N) is 1. The highest BCUT2D eigenvalue weighted by Crippen LogP contribution is 2.13. The number of carbonyl (C=O) groups is 2. The summed E-state index contributed by atoms with van der Waals surface area (Å²) in [6, 6.07) is -0.370. The van der Waals surface area contributed by atoms with Crippen LogP contribution < -0.4 is 5.32 Å². The molecule has 0 aromatic rings. The third-order valence-electron chi connectivity index (χ3n) is 3.20. The van der Waals surface area contributed by atoms with Gasteiger partial charge >= 0.3 is 5.97 Å². The van der Waals surface area contributed by atoms with Crippen LogP contribution >= 0.6 is 0 Å². The number of carbonyl (C=O) groups excluding carboxylic acids is 1. The second-order valence-corrected chi connectivity index (χ2v) is 4.67.